The van der Waals surface area contributed by atoms with E-state index in [1.165, 1.54) is 0 Å². The fourth-order valence-corrected chi connectivity index (χ4v) is 1.85. The van der Waals surface area contributed by atoms with Crippen LogP contribution >= 0.6 is 0 Å². The van der Waals surface area contributed by atoms with E-state index in [2.05, 4.69) is 5.32 Å². The van der Waals surface area contributed by atoms with E-state index in [0.717, 1.165) is 17.7 Å². The van der Waals surface area contributed by atoms with Crippen molar-refractivity contribution in [3.8, 4) is 5.75 Å². The first-order chi connectivity index (χ1) is 7.31. The first-order valence-electron chi connectivity index (χ1n) is 5.19. The Kier molecular flexibility index (Phi) is 3.02. The quantitative estimate of drug-likeness (QED) is 0.801. The fraction of sp³-hybridized carbons (Fsp3) is 0.417. The van der Waals surface area contributed by atoms with E-state index >= 15 is 0 Å². The van der Waals surface area contributed by atoms with Crippen molar-refractivity contribution in [2.75, 3.05) is 20.2 Å². The van der Waals surface area contributed by atoms with Crippen LogP contribution in [-0.4, -0.2) is 26.0 Å². The van der Waals surface area contributed by atoms with Crippen LogP contribution in [0.5, 0.6) is 5.75 Å². The van der Waals surface area contributed by atoms with Crippen molar-refractivity contribution in [3.05, 3.63) is 29.8 Å². The summed E-state index contributed by atoms with van der Waals surface area (Å²) in [6.07, 6.45) is 0.802. The van der Waals surface area contributed by atoms with Gasteiger partial charge in [-0.1, -0.05) is 18.2 Å². The Morgan fingerprint density at radius 2 is 2.33 bits per heavy atom. The summed E-state index contributed by atoms with van der Waals surface area (Å²) in [5.41, 5.74) is 1.14. The van der Waals surface area contributed by atoms with Gasteiger partial charge in [0.05, 0.1) is 19.1 Å². The molecular formula is C12H15NO2. The van der Waals surface area contributed by atoms with E-state index in [9.17, 15) is 4.79 Å². The van der Waals surface area contributed by atoms with E-state index in [-0.39, 0.29) is 11.7 Å². The third kappa shape index (κ3) is 2.18. The normalized spacial score (nSPS) is 19.1. The largest absolute Gasteiger partial charge is 0.493 e. The lowest BCUT2D eigenvalue weighted by Gasteiger charge is -2.24. The van der Waals surface area contributed by atoms with Gasteiger partial charge in [-0.3, -0.25) is 4.79 Å². The lowest BCUT2D eigenvalue weighted by atomic mass is 9.93. The number of carbonyl (C=O) groups excluding carboxylic acids is 1. The maximum atomic E-state index is 11.7. The SMILES string of the molecule is CNCC(=O)C1COc2ccccc2C1. The van der Waals surface area contributed by atoms with Crippen molar-refractivity contribution in [2.45, 2.75) is 6.42 Å². The number of Topliss-reactive ketones (excluding diaryl/α,β-unsaturated/α-hetero) is 1. The highest BCUT2D eigenvalue weighted by Gasteiger charge is 2.24. The molecule has 2 rings (SSSR count). The molecule has 80 valence electrons. The minimum atomic E-state index is 0.00681. The molecule has 0 saturated heterocycles. The van der Waals surface area contributed by atoms with Crippen LogP contribution in [-0.2, 0) is 11.2 Å². The zero-order chi connectivity index (χ0) is 10.7. The molecule has 1 unspecified atom stereocenters. The van der Waals surface area contributed by atoms with E-state index in [1.54, 1.807) is 7.05 Å². The van der Waals surface area contributed by atoms with Crippen LogP contribution in [0.15, 0.2) is 24.3 Å². The molecule has 1 aromatic carbocycles. The van der Waals surface area contributed by atoms with Crippen LogP contribution in [0, 0.1) is 5.92 Å². The van der Waals surface area contributed by atoms with Gasteiger partial charge in [0.25, 0.3) is 0 Å². The number of ether oxygens (including phenoxy) is 1. The number of hydrogen-bond acceptors (Lipinski definition) is 3. The first kappa shape index (κ1) is 10.2. The summed E-state index contributed by atoms with van der Waals surface area (Å²) in [6.45, 7) is 0.938. The Morgan fingerprint density at radius 3 is 3.13 bits per heavy atom. The molecule has 0 aromatic heterocycles. The van der Waals surface area contributed by atoms with Crippen LogP contribution in [0.3, 0.4) is 0 Å². The van der Waals surface area contributed by atoms with E-state index in [0.29, 0.717) is 13.2 Å². The molecule has 1 heterocycles. The fourth-order valence-electron chi connectivity index (χ4n) is 1.85. The number of likely N-dealkylation sites (N-methyl/N-ethyl adjacent to an activating group) is 1. The van der Waals surface area contributed by atoms with Crippen LogP contribution in [0.1, 0.15) is 5.56 Å². The summed E-state index contributed by atoms with van der Waals surface area (Å²) >= 11 is 0. The van der Waals surface area contributed by atoms with Gasteiger partial charge in [0.1, 0.15) is 5.75 Å². The van der Waals surface area contributed by atoms with Crippen LogP contribution in [0.4, 0.5) is 0 Å². The molecule has 3 nitrogen and oxygen atoms in total. The summed E-state index contributed by atoms with van der Waals surface area (Å²) in [4.78, 5) is 11.7. The maximum Gasteiger partial charge on any atom is 0.153 e. The summed E-state index contributed by atoms with van der Waals surface area (Å²) in [5.74, 6) is 1.16. The molecule has 0 saturated carbocycles. The third-order valence-electron chi connectivity index (χ3n) is 2.69. The van der Waals surface area contributed by atoms with E-state index in [4.69, 9.17) is 4.74 Å². The van der Waals surface area contributed by atoms with Crippen molar-refractivity contribution in [3.63, 3.8) is 0 Å². The van der Waals surface area contributed by atoms with Crippen LogP contribution in [0.2, 0.25) is 0 Å². The van der Waals surface area contributed by atoms with Crippen molar-refractivity contribution in [2.24, 2.45) is 5.92 Å². The molecule has 0 radical (unpaired) electrons. The number of ketones is 1. The zero-order valence-corrected chi connectivity index (χ0v) is 8.82. The highest BCUT2D eigenvalue weighted by atomic mass is 16.5. The highest BCUT2D eigenvalue weighted by Crippen LogP contribution is 2.26. The Morgan fingerprint density at radius 1 is 1.53 bits per heavy atom. The molecule has 1 aromatic rings. The van der Waals surface area contributed by atoms with Gasteiger partial charge in [0.15, 0.2) is 5.78 Å². The van der Waals surface area contributed by atoms with Gasteiger partial charge in [0, 0.05) is 0 Å². The predicted octanol–water partition coefficient (Wildman–Crippen LogP) is 1.03. The van der Waals surface area contributed by atoms with Crippen LogP contribution in [0.25, 0.3) is 0 Å². The minimum absolute atomic E-state index is 0.00681. The van der Waals surface area contributed by atoms with Gasteiger partial charge in [-0.25, -0.2) is 0 Å². The van der Waals surface area contributed by atoms with Gasteiger partial charge in [-0.05, 0) is 25.1 Å². The number of fused-ring (bicyclic) bond motifs is 1. The second-order valence-electron chi connectivity index (χ2n) is 3.82. The van der Waals surface area contributed by atoms with Crippen molar-refractivity contribution < 1.29 is 9.53 Å². The number of hydrogen-bond donors (Lipinski definition) is 1. The number of para-hydroxylation sites is 1. The molecule has 0 amide bonds. The average Bonchev–Trinajstić information content (AvgIpc) is 2.29. The Labute approximate surface area is 89.4 Å². The number of carbonyl (C=O) groups is 1. The molecule has 15 heavy (non-hydrogen) atoms. The molecule has 3 heteroatoms. The molecule has 0 spiro atoms. The van der Waals surface area contributed by atoms with Crippen molar-refractivity contribution in [1.82, 2.24) is 5.32 Å². The van der Waals surface area contributed by atoms with Gasteiger partial charge >= 0.3 is 0 Å². The molecule has 0 aliphatic carbocycles. The average molecular weight is 205 g/mol. The van der Waals surface area contributed by atoms with Gasteiger partial charge < -0.3 is 10.1 Å². The Bertz CT molecular complexity index is 362. The summed E-state index contributed by atoms with van der Waals surface area (Å²) in [5, 5.41) is 2.88. The van der Waals surface area contributed by atoms with Gasteiger partial charge in [-0.2, -0.15) is 0 Å². The predicted molar refractivity (Wildman–Crippen MR) is 58.1 cm³/mol. The van der Waals surface area contributed by atoms with Gasteiger partial charge in [0.2, 0.25) is 0 Å². The van der Waals surface area contributed by atoms with Crippen molar-refractivity contribution >= 4 is 5.78 Å². The molecular weight excluding hydrogens is 190 g/mol. The van der Waals surface area contributed by atoms with E-state index < -0.39 is 0 Å². The topological polar surface area (TPSA) is 38.3 Å². The molecule has 0 bridgehead atoms. The number of benzene rings is 1. The molecule has 0 fully saturated rings. The second kappa shape index (κ2) is 4.45. The Balaban J connectivity index is 2.08. The zero-order valence-electron chi connectivity index (χ0n) is 8.82. The minimum Gasteiger partial charge on any atom is -0.493 e. The Hall–Kier alpha value is -1.35. The lowest BCUT2D eigenvalue weighted by Crippen LogP contribution is -2.33. The molecule has 1 aliphatic heterocycles. The summed E-state index contributed by atoms with van der Waals surface area (Å²) in [6, 6.07) is 7.91. The van der Waals surface area contributed by atoms with E-state index in [1.807, 2.05) is 24.3 Å². The van der Waals surface area contributed by atoms with Crippen LogP contribution < -0.4 is 10.1 Å². The second-order valence-corrected chi connectivity index (χ2v) is 3.82. The summed E-state index contributed by atoms with van der Waals surface area (Å²) < 4.78 is 5.55. The number of nitrogens with one attached hydrogen (secondary N) is 1. The highest BCUT2D eigenvalue weighted by molar-refractivity contribution is 5.83. The lowest BCUT2D eigenvalue weighted by molar-refractivity contribution is -0.123. The first-order valence-corrected chi connectivity index (χ1v) is 5.19. The third-order valence-corrected chi connectivity index (χ3v) is 2.69. The maximum absolute atomic E-state index is 11.7. The summed E-state index contributed by atoms with van der Waals surface area (Å²) in [7, 11) is 1.79. The molecule has 1 atom stereocenters. The van der Waals surface area contributed by atoms with Gasteiger partial charge in [-0.15, -0.1) is 0 Å². The smallest absolute Gasteiger partial charge is 0.153 e. The standard InChI is InChI=1S/C12H15NO2/c1-13-7-11(14)10-6-9-4-2-3-5-12(9)15-8-10/h2-5,10,13H,6-8H2,1H3. The molecule has 1 N–H and O–H groups in total. The molecule has 1 aliphatic rings. The monoisotopic (exact) mass is 205 g/mol. The van der Waals surface area contributed by atoms with Crippen molar-refractivity contribution in [1.29, 1.82) is 0 Å². The number of rotatable bonds is 3.